The molecule has 0 amide bonds. The Morgan fingerprint density at radius 2 is 1.10 bits per heavy atom. The molecule has 0 bridgehead atoms. The molecule has 1 aliphatic carbocycles. The van der Waals surface area contributed by atoms with E-state index in [1.54, 1.807) is 0 Å². The lowest BCUT2D eigenvalue weighted by atomic mass is 9.98. The molecule has 0 aromatic heterocycles. The molecular weight excluding hydrogens is 664 g/mol. The summed E-state index contributed by atoms with van der Waals surface area (Å²) in [6, 6.07) is 23.5. The summed E-state index contributed by atoms with van der Waals surface area (Å²) in [5.41, 5.74) is 4.27. The Bertz CT molecular complexity index is 1680. The second-order valence-electron chi connectivity index (χ2n) is 12.3. The van der Waals surface area contributed by atoms with Crippen LogP contribution >= 0.6 is 0 Å². The molecule has 0 atom stereocenters. The molecule has 1 aliphatic rings. The minimum Gasteiger partial charge on any atom is -0.493 e. The highest BCUT2D eigenvalue weighted by atomic mass is 16.6. The summed E-state index contributed by atoms with van der Waals surface area (Å²) in [5.74, 6) is -0.888. The number of benzene rings is 3. The first kappa shape index (κ1) is 39.2. The second-order valence-corrected chi connectivity index (χ2v) is 12.3. The highest BCUT2D eigenvalue weighted by Crippen LogP contribution is 2.24. The number of ether oxygens (including phenoxy) is 6. The van der Waals surface area contributed by atoms with Gasteiger partial charge < -0.3 is 28.4 Å². The molecule has 0 radical (unpaired) electrons. The van der Waals surface area contributed by atoms with E-state index < -0.39 is 23.9 Å². The quantitative estimate of drug-likeness (QED) is 0.0402. The Morgan fingerprint density at radius 3 is 1.67 bits per heavy atom. The minimum absolute atomic E-state index is 0.0318. The monoisotopic (exact) mass is 710 g/mol. The fourth-order valence-corrected chi connectivity index (χ4v) is 5.29. The molecule has 52 heavy (non-hydrogen) atoms. The van der Waals surface area contributed by atoms with Gasteiger partial charge in [-0.3, -0.25) is 9.59 Å². The first-order valence-electron chi connectivity index (χ1n) is 17.4. The fourth-order valence-electron chi connectivity index (χ4n) is 5.29. The van der Waals surface area contributed by atoms with Gasteiger partial charge in [0, 0.05) is 17.6 Å². The Kier molecular flexibility index (Phi) is 15.7. The Labute approximate surface area is 305 Å². The SMILES string of the molecule is C=C(CC(=O)OC)C(=O)OCCCOc1ccc(/C=C/c2ccc(-c3ccc(OCCOC(=O)C(=C)CC(=O)OC4CCCCC4)cc3)cc2)cc1. The number of hydrogen-bond acceptors (Lipinski definition) is 10. The number of methoxy groups -OCH3 is 1. The van der Waals surface area contributed by atoms with Crippen LogP contribution in [0.5, 0.6) is 11.5 Å². The zero-order valence-electron chi connectivity index (χ0n) is 29.6. The summed E-state index contributed by atoms with van der Waals surface area (Å²) in [5, 5.41) is 0. The first-order valence-corrected chi connectivity index (χ1v) is 17.4. The van der Waals surface area contributed by atoms with E-state index in [1.807, 2.05) is 72.8 Å². The average molecular weight is 711 g/mol. The van der Waals surface area contributed by atoms with E-state index in [0.717, 1.165) is 47.9 Å². The predicted molar refractivity (Wildman–Crippen MR) is 197 cm³/mol. The molecule has 0 heterocycles. The maximum Gasteiger partial charge on any atom is 0.334 e. The van der Waals surface area contributed by atoms with E-state index in [0.29, 0.717) is 24.5 Å². The van der Waals surface area contributed by atoms with Crippen LogP contribution in [0.4, 0.5) is 0 Å². The number of rotatable bonds is 19. The van der Waals surface area contributed by atoms with Crippen LogP contribution in [0.1, 0.15) is 62.5 Å². The van der Waals surface area contributed by atoms with Crippen molar-refractivity contribution in [1.29, 1.82) is 0 Å². The van der Waals surface area contributed by atoms with Crippen molar-refractivity contribution in [2.24, 2.45) is 0 Å². The molecular formula is C42H46O10. The molecule has 1 fully saturated rings. The summed E-state index contributed by atoms with van der Waals surface area (Å²) < 4.78 is 31.7. The molecule has 0 N–H and O–H groups in total. The molecule has 1 saturated carbocycles. The zero-order valence-corrected chi connectivity index (χ0v) is 29.6. The van der Waals surface area contributed by atoms with Gasteiger partial charge in [-0.05, 0) is 72.2 Å². The van der Waals surface area contributed by atoms with Crippen molar-refractivity contribution in [3.05, 3.63) is 108 Å². The van der Waals surface area contributed by atoms with Crippen molar-refractivity contribution in [3.8, 4) is 22.6 Å². The van der Waals surface area contributed by atoms with Crippen LogP contribution in [0.3, 0.4) is 0 Å². The number of esters is 4. The van der Waals surface area contributed by atoms with E-state index in [-0.39, 0.29) is 49.9 Å². The van der Waals surface area contributed by atoms with Gasteiger partial charge in [0.05, 0.1) is 33.2 Å². The fraction of sp³-hybridized carbons (Fsp3) is 0.333. The van der Waals surface area contributed by atoms with Gasteiger partial charge in [-0.15, -0.1) is 0 Å². The highest BCUT2D eigenvalue weighted by molar-refractivity contribution is 5.93. The van der Waals surface area contributed by atoms with Gasteiger partial charge in [-0.2, -0.15) is 0 Å². The van der Waals surface area contributed by atoms with E-state index >= 15 is 0 Å². The van der Waals surface area contributed by atoms with Crippen LogP contribution in [-0.4, -0.2) is 63.5 Å². The van der Waals surface area contributed by atoms with Crippen molar-refractivity contribution < 1.29 is 47.6 Å². The lowest BCUT2D eigenvalue weighted by Gasteiger charge is -2.21. The van der Waals surface area contributed by atoms with Gasteiger partial charge in [-0.25, -0.2) is 9.59 Å². The zero-order chi connectivity index (χ0) is 37.1. The van der Waals surface area contributed by atoms with Gasteiger partial charge in [0.15, 0.2) is 0 Å². The van der Waals surface area contributed by atoms with Crippen LogP contribution in [0.2, 0.25) is 0 Å². The van der Waals surface area contributed by atoms with Crippen LogP contribution in [-0.2, 0) is 38.1 Å². The maximum atomic E-state index is 12.2. The summed E-state index contributed by atoms with van der Waals surface area (Å²) >= 11 is 0. The molecule has 0 spiro atoms. The second kappa shape index (κ2) is 20.9. The van der Waals surface area contributed by atoms with Gasteiger partial charge in [-0.1, -0.05) is 80.3 Å². The van der Waals surface area contributed by atoms with Crippen molar-refractivity contribution in [2.75, 3.05) is 33.5 Å². The Hall–Kier alpha value is -5.64. The third-order valence-electron chi connectivity index (χ3n) is 8.19. The van der Waals surface area contributed by atoms with E-state index in [9.17, 15) is 19.2 Å². The molecule has 3 aromatic carbocycles. The highest BCUT2D eigenvalue weighted by Gasteiger charge is 2.20. The molecule has 274 valence electrons. The molecule has 10 nitrogen and oxygen atoms in total. The molecule has 4 rings (SSSR count). The van der Waals surface area contributed by atoms with Gasteiger partial charge >= 0.3 is 23.9 Å². The number of carbonyl (C=O) groups excluding carboxylic acids is 4. The Balaban J connectivity index is 1.11. The standard InChI is InChI=1S/C42H46O10/c1-30(28-39(43)47-3)41(45)50-25-7-24-48-36-20-14-33(15-21-36)11-10-32-12-16-34(17-13-32)35-18-22-37(23-19-35)49-26-27-51-42(46)31(2)29-40(44)52-38-8-5-4-6-9-38/h10-23,38H,1-2,4-9,24-29H2,3H3/b11-10+. The van der Waals surface area contributed by atoms with Crippen LogP contribution < -0.4 is 9.47 Å². The van der Waals surface area contributed by atoms with Crippen LogP contribution in [0.25, 0.3) is 23.3 Å². The largest absolute Gasteiger partial charge is 0.493 e. The molecule has 0 saturated heterocycles. The molecule has 10 heteroatoms. The average Bonchev–Trinajstić information content (AvgIpc) is 3.16. The lowest BCUT2D eigenvalue weighted by Crippen LogP contribution is -2.22. The van der Waals surface area contributed by atoms with Gasteiger partial charge in [0.1, 0.15) is 30.8 Å². The van der Waals surface area contributed by atoms with Crippen LogP contribution in [0, 0.1) is 0 Å². The number of carbonyl (C=O) groups is 4. The molecule has 0 aliphatic heterocycles. The van der Waals surface area contributed by atoms with Crippen molar-refractivity contribution in [2.45, 2.75) is 57.5 Å². The van der Waals surface area contributed by atoms with E-state index in [2.05, 4.69) is 30.0 Å². The Morgan fingerprint density at radius 1 is 0.615 bits per heavy atom. The summed E-state index contributed by atoms with van der Waals surface area (Å²) in [7, 11) is 1.25. The summed E-state index contributed by atoms with van der Waals surface area (Å²) in [6.07, 6.45) is 9.13. The molecule has 3 aromatic rings. The predicted octanol–water partition coefficient (Wildman–Crippen LogP) is 7.70. The third kappa shape index (κ3) is 13.6. The van der Waals surface area contributed by atoms with Crippen molar-refractivity contribution in [3.63, 3.8) is 0 Å². The third-order valence-corrected chi connectivity index (χ3v) is 8.19. The maximum absolute atomic E-state index is 12.2. The summed E-state index contributed by atoms with van der Waals surface area (Å²) in [4.78, 5) is 47.4. The number of hydrogen-bond donors (Lipinski definition) is 0. The smallest absolute Gasteiger partial charge is 0.334 e. The molecule has 0 unspecified atom stereocenters. The lowest BCUT2D eigenvalue weighted by molar-refractivity contribution is -0.151. The first-order chi connectivity index (χ1) is 25.2. The van der Waals surface area contributed by atoms with E-state index in [1.165, 1.54) is 13.5 Å². The van der Waals surface area contributed by atoms with Crippen molar-refractivity contribution in [1.82, 2.24) is 0 Å². The van der Waals surface area contributed by atoms with Gasteiger partial charge in [0.25, 0.3) is 0 Å². The topological polar surface area (TPSA) is 124 Å². The summed E-state index contributed by atoms with van der Waals surface area (Å²) in [6.45, 7) is 7.94. The van der Waals surface area contributed by atoms with Gasteiger partial charge in [0.2, 0.25) is 0 Å². The van der Waals surface area contributed by atoms with Crippen molar-refractivity contribution >= 4 is 36.0 Å². The van der Waals surface area contributed by atoms with E-state index in [4.69, 9.17) is 23.7 Å². The van der Waals surface area contributed by atoms with Crippen LogP contribution in [0.15, 0.2) is 97.1 Å². The normalized spacial score (nSPS) is 12.8. The minimum atomic E-state index is -0.629.